The second-order valence-electron chi connectivity index (χ2n) is 5.25. The van der Waals surface area contributed by atoms with Crippen molar-refractivity contribution in [2.45, 2.75) is 20.3 Å². The van der Waals surface area contributed by atoms with E-state index < -0.39 is 11.6 Å². The molecule has 22 heavy (non-hydrogen) atoms. The summed E-state index contributed by atoms with van der Waals surface area (Å²) in [7, 11) is 0. The highest BCUT2D eigenvalue weighted by molar-refractivity contribution is 7.15. The lowest BCUT2D eigenvalue weighted by molar-refractivity contribution is 0.514. The highest BCUT2D eigenvalue weighted by Gasteiger charge is 2.16. The summed E-state index contributed by atoms with van der Waals surface area (Å²) in [6, 6.07) is 14.6. The molecule has 0 aliphatic rings. The van der Waals surface area contributed by atoms with Crippen molar-refractivity contribution in [2.24, 2.45) is 0 Å². The monoisotopic (exact) mass is 314 g/mol. The van der Waals surface area contributed by atoms with Gasteiger partial charge in [-0.2, -0.15) is 0 Å². The summed E-state index contributed by atoms with van der Waals surface area (Å²) >= 11 is 1.46. The maximum atomic E-state index is 14.5. The maximum absolute atomic E-state index is 14.5. The predicted molar refractivity (Wildman–Crippen MR) is 89.2 cm³/mol. The number of benzene rings is 2. The van der Waals surface area contributed by atoms with Gasteiger partial charge in [0.1, 0.15) is 0 Å². The van der Waals surface area contributed by atoms with E-state index in [1.807, 2.05) is 43.3 Å². The highest BCUT2D eigenvalue weighted by atomic mass is 32.1. The van der Waals surface area contributed by atoms with E-state index in [2.05, 4.69) is 6.92 Å². The Morgan fingerprint density at radius 2 is 1.45 bits per heavy atom. The van der Waals surface area contributed by atoms with E-state index in [0.717, 1.165) is 16.2 Å². The Morgan fingerprint density at radius 3 is 2.05 bits per heavy atom. The second-order valence-corrected chi connectivity index (χ2v) is 6.54. The summed E-state index contributed by atoms with van der Waals surface area (Å²) in [5.41, 5.74) is 2.50. The number of rotatable bonds is 3. The van der Waals surface area contributed by atoms with Crippen molar-refractivity contribution in [1.82, 2.24) is 0 Å². The van der Waals surface area contributed by atoms with E-state index >= 15 is 0 Å². The summed E-state index contributed by atoms with van der Waals surface area (Å²) in [5.74, 6) is -1.56. The number of hydrogen-bond donors (Lipinski definition) is 0. The largest absolute Gasteiger partial charge is 0.203 e. The minimum Gasteiger partial charge on any atom is -0.203 e. The van der Waals surface area contributed by atoms with Crippen LogP contribution >= 0.6 is 11.3 Å². The van der Waals surface area contributed by atoms with E-state index in [0.29, 0.717) is 16.7 Å². The van der Waals surface area contributed by atoms with Crippen LogP contribution in [0.25, 0.3) is 21.6 Å². The molecule has 3 aromatic rings. The van der Waals surface area contributed by atoms with Crippen LogP contribution in [0.15, 0.2) is 48.5 Å². The van der Waals surface area contributed by atoms with Gasteiger partial charge in [-0.25, -0.2) is 8.78 Å². The van der Waals surface area contributed by atoms with Crippen LogP contribution in [0.3, 0.4) is 0 Å². The Morgan fingerprint density at radius 1 is 0.818 bits per heavy atom. The van der Waals surface area contributed by atoms with Crippen LogP contribution in [0, 0.1) is 18.6 Å². The van der Waals surface area contributed by atoms with Gasteiger partial charge in [0.05, 0.1) is 0 Å². The minimum absolute atomic E-state index is 0.303. The lowest BCUT2D eigenvalue weighted by Crippen LogP contribution is -1.93. The first kappa shape index (κ1) is 14.9. The van der Waals surface area contributed by atoms with Crippen molar-refractivity contribution < 1.29 is 8.78 Å². The topological polar surface area (TPSA) is 0 Å². The Labute approximate surface area is 133 Å². The summed E-state index contributed by atoms with van der Waals surface area (Å²) in [4.78, 5) is 1.83. The molecule has 3 heteroatoms. The van der Waals surface area contributed by atoms with Gasteiger partial charge >= 0.3 is 0 Å². The number of hydrogen-bond acceptors (Lipinski definition) is 1. The van der Waals surface area contributed by atoms with Crippen LogP contribution in [0.2, 0.25) is 0 Å². The molecule has 0 unspecified atom stereocenters. The predicted octanol–water partition coefficient (Wildman–Crippen LogP) is 6.23. The van der Waals surface area contributed by atoms with E-state index in [1.165, 1.54) is 16.9 Å². The zero-order valence-electron chi connectivity index (χ0n) is 12.5. The quantitative estimate of drug-likeness (QED) is 0.537. The van der Waals surface area contributed by atoms with E-state index in [-0.39, 0.29) is 0 Å². The zero-order valence-corrected chi connectivity index (χ0v) is 13.3. The number of aryl methyl sites for hydroxylation is 2. The van der Waals surface area contributed by atoms with Gasteiger partial charge in [0.15, 0.2) is 11.6 Å². The third-order valence-corrected chi connectivity index (χ3v) is 4.80. The van der Waals surface area contributed by atoms with Crippen LogP contribution in [-0.2, 0) is 6.42 Å². The molecule has 112 valence electrons. The zero-order chi connectivity index (χ0) is 15.7. The van der Waals surface area contributed by atoms with Crippen LogP contribution < -0.4 is 0 Å². The number of thiophene rings is 1. The lowest BCUT2D eigenvalue weighted by atomic mass is 10.0. The molecule has 3 rings (SSSR count). The molecule has 0 spiro atoms. The van der Waals surface area contributed by atoms with Crippen molar-refractivity contribution in [2.75, 3.05) is 0 Å². The molecule has 0 bridgehead atoms. The molecule has 0 amide bonds. The molecule has 1 heterocycles. The minimum atomic E-state index is -0.784. The molecule has 2 aromatic carbocycles. The number of halogens is 2. The average molecular weight is 314 g/mol. The molecule has 0 atom stereocenters. The van der Waals surface area contributed by atoms with Crippen molar-refractivity contribution in [3.8, 4) is 21.6 Å². The molecule has 0 aliphatic heterocycles. The smallest absolute Gasteiger partial charge is 0.168 e. The van der Waals surface area contributed by atoms with Gasteiger partial charge in [-0.05, 0) is 42.7 Å². The summed E-state index contributed by atoms with van der Waals surface area (Å²) in [6.07, 6.45) is 0.924. The molecule has 0 nitrogen and oxygen atoms in total. The van der Waals surface area contributed by atoms with Gasteiger partial charge in [0, 0.05) is 20.9 Å². The fourth-order valence-corrected chi connectivity index (χ4v) is 3.35. The van der Waals surface area contributed by atoms with Gasteiger partial charge < -0.3 is 0 Å². The van der Waals surface area contributed by atoms with E-state index in [1.54, 1.807) is 12.1 Å². The third-order valence-electron chi connectivity index (χ3n) is 3.76. The summed E-state index contributed by atoms with van der Waals surface area (Å²) in [5, 5.41) is 0. The SMILES string of the molecule is CCc1ccc(-c2ccc(-c3ccc(C)s3)c(F)c2F)cc1. The fraction of sp³-hybridized carbons (Fsp3) is 0.158. The molecule has 0 N–H and O–H groups in total. The lowest BCUT2D eigenvalue weighted by Gasteiger charge is -2.08. The van der Waals surface area contributed by atoms with Crippen LogP contribution in [0.1, 0.15) is 17.4 Å². The van der Waals surface area contributed by atoms with Crippen LogP contribution in [0.4, 0.5) is 8.78 Å². The molecule has 0 aliphatic carbocycles. The van der Waals surface area contributed by atoms with E-state index in [9.17, 15) is 8.78 Å². The Bertz CT molecular complexity index is 801. The van der Waals surface area contributed by atoms with Gasteiger partial charge in [-0.3, -0.25) is 0 Å². The normalized spacial score (nSPS) is 10.9. The highest BCUT2D eigenvalue weighted by Crippen LogP contribution is 2.34. The molecular formula is C19H16F2S. The first-order valence-corrected chi connectivity index (χ1v) is 8.06. The Hall–Kier alpha value is -2.00. The molecule has 0 saturated carbocycles. The molecule has 1 aromatic heterocycles. The average Bonchev–Trinajstić information content (AvgIpc) is 2.96. The molecule has 0 fully saturated rings. The molecule has 0 saturated heterocycles. The Balaban J connectivity index is 2.05. The van der Waals surface area contributed by atoms with Crippen molar-refractivity contribution in [3.05, 3.63) is 70.6 Å². The van der Waals surface area contributed by atoms with Crippen molar-refractivity contribution in [3.63, 3.8) is 0 Å². The second kappa shape index (κ2) is 6.01. The van der Waals surface area contributed by atoms with E-state index in [4.69, 9.17) is 0 Å². The first-order valence-electron chi connectivity index (χ1n) is 7.24. The summed E-state index contributed by atoms with van der Waals surface area (Å²) < 4.78 is 28.9. The third kappa shape index (κ3) is 2.69. The Kier molecular flexibility index (Phi) is 4.08. The first-order chi connectivity index (χ1) is 10.6. The van der Waals surface area contributed by atoms with Crippen molar-refractivity contribution in [1.29, 1.82) is 0 Å². The van der Waals surface area contributed by atoms with Crippen LogP contribution in [-0.4, -0.2) is 0 Å². The standard InChI is InChI=1S/C19H16F2S/c1-3-13-5-7-14(8-6-13)15-9-10-16(19(21)18(15)20)17-11-4-12(2)22-17/h4-11H,3H2,1-2H3. The van der Waals surface area contributed by atoms with Gasteiger partial charge in [-0.15, -0.1) is 11.3 Å². The van der Waals surface area contributed by atoms with Crippen molar-refractivity contribution >= 4 is 11.3 Å². The van der Waals surface area contributed by atoms with Crippen LogP contribution in [0.5, 0.6) is 0 Å². The van der Waals surface area contributed by atoms with Gasteiger partial charge in [0.2, 0.25) is 0 Å². The molecule has 0 radical (unpaired) electrons. The van der Waals surface area contributed by atoms with Gasteiger partial charge in [0.25, 0.3) is 0 Å². The summed E-state index contributed by atoms with van der Waals surface area (Å²) in [6.45, 7) is 4.01. The fourth-order valence-electron chi connectivity index (χ4n) is 2.46. The molecular weight excluding hydrogens is 298 g/mol. The van der Waals surface area contributed by atoms with Gasteiger partial charge in [-0.1, -0.05) is 37.3 Å². The maximum Gasteiger partial charge on any atom is 0.168 e.